The van der Waals surface area contributed by atoms with Gasteiger partial charge in [-0.05, 0) is 37.3 Å². The number of fused-ring (bicyclic) bond motifs is 1. The molecule has 2 aliphatic heterocycles. The summed E-state index contributed by atoms with van der Waals surface area (Å²) in [5.41, 5.74) is 2.80. The zero-order valence-corrected chi connectivity index (χ0v) is 15.2. The van der Waals surface area contributed by atoms with Crippen LogP contribution >= 0.6 is 11.6 Å². The highest BCUT2D eigenvalue weighted by atomic mass is 35.5. The second-order valence-corrected chi connectivity index (χ2v) is 7.19. The quantitative estimate of drug-likeness (QED) is 0.877. The molecule has 7 nitrogen and oxygen atoms in total. The van der Waals surface area contributed by atoms with Crippen LogP contribution in [0.3, 0.4) is 0 Å². The first-order valence-corrected chi connectivity index (χ1v) is 9.02. The average Bonchev–Trinajstić information content (AvgIpc) is 3.16. The monoisotopic (exact) mass is 373 g/mol. The van der Waals surface area contributed by atoms with Crippen LogP contribution in [0.2, 0.25) is 5.02 Å². The largest absolute Gasteiger partial charge is 0.333 e. The molecule has 1 fully saturated rings. The molecule has 1 aromatic heterocycles. The molecule has 4 rings (SSSR count). The van der Waals surface area contributed by atoms with E-state index in [4.69, 9.17) is 11.6 Å². The first-order chi connectivity index (χ1) is 12.5. The second-order valence-electron chi connectivity index (χ2n) is 6.75. The normalized spacial score (nSPS) is 19.6. The molecule has 0 aliphatic carbocycles. The number of nitrogens with one attached hydrogen (secondary N) is 1. The molecule has 1 aromatic carbocycles. The molecule has 2 aliphatic rings. The highest BCUT2D eigenvalue weighted by Crippen LogP contribution is 2.23. The number of halogens is 1. The Morgan fingerprint density at radius 1 is 1.27 bits per heavy atom. The lowest BCUT2D eigenvalue weighted by Crippen LogP contribution is -2.48. The summed E-state index contributed by atoms with van der Waals surface area (Å²) in [6, 6.07) is 8.83. The minimum absolute atomic E-state index is 0.00460. The van der Waals surface area contributed by atoms with E-state index in [9.17, 15) is 9.59 Å². The molecule has 0 saturated carbocycles. The average molecular weight is 374 g/mol. The Morgan fingerprint density at radius 3 is 2.81 bits per heavy atom. The van der Waals surface area contributed by atoms with Gasteiger partial charge in [-0.3, -0.25) is 9.48 Å². The molecular weight excluding hydrogens is 354 g/mol. The van der Waals surface area contributed by atoms with E-state index >= 15 is 0 Å². The number of aryl methyl sites for hydroxylation is 1. The van der Waals surface area contributed by atoms with E-state index in [0.717, 1.165) is 17.1 Å². The second kappa shape index (κ2) is 6.64. The van der Waals surface area contributed by atoms with Crippen molar-refractivity contribution in [2.45, 2.75) is 32.5 Å². The molecule has 1 unspecified atom stereocenters. The van der Waals surface area contributed by atoms with Crippen LogP contribution in [0, 0.1) is 6.92 Å². The van der Waals surface area contributed by atoms with E-state index < -0.39 is 0 Å². The molecule has 1 N–H and O–H groups in total. The maximum absolute atomic E-state index is 12.6. The van der Waals surface area contributed by atoms with Gasteiger partial charge in [0.2, 0.25) is 5.91 Å². The van der Waals surface area contributed by atoms with Gasteiger partial charge in [-0.2, -0.15) is 5.10 Å². The predicted molar refractivity (Wildman–Crippen MR) is 98.1 cm³/mol. The van der Waals surface area contributed by atoms with Gasteiger partial charge in [0.25, 0.3) is 0 Å². The van der Waals surface area contributed by atoms with Crippen LogP contribution in [0.4, 0.5) is 10.5 Å². The summed E-state index contributed by atoms with van der Waals surface area (Å²) in [6.45, 7) is 4.26. The van der Waals surface area contributed by atoms with E-state index in [0.29, 0.717) is 37.6 Å². The summed E-state index contributed by atoms with van der Waals surface area (Å²) in [5, 5.41) is 8.03. The van der Waals surface area contributed by atoms with Gasteiger partial charge >= 0.3 is 6.03 Å². The summed E-state index contributed by atoms with van der Waals surface area (Å²) >= 11 is 5.90. The standard InChI is InChI=1S/C18H20ClN5O2/c1-12-8-16-11-22(6-7-24(16)21-12)18(26)20-14-9-17(25)23(10-14)15-4-2-13(19)3-5-15/h2-5,8,14H,6-7,9-11H2,1H3,(H,20,26). The minimum atomic E-state index is -0.195. The van der Waals surface area contributed by atoms with Crippen LogP contribution in [-0.2, 0) is 17.9 Å². The fraction of sp³-hybridized carbons (Fsp3) is 0.389. The number of hydrogen-bond acceptors (Lipinski definition) is 3. The highest BCUT2D eigenvalue weighted by molar-refractivity contribution is 6.30. The Labute approximate surface area is 156 Å². The molecule has 1 atom stereocenters. The maximum Gasteiger partial charge on any atom is 0.318 e. The van der Waals surface area contributed by atoms with Gasteiger partial charge in [-0.15, -0.1) is 0 Å². The summed E-state index contributed by atoms with van der Waals surface area (Å²) in [7, 11) is 0. The van der Waals surface area contributed by atoms with Crippen molar-refractivity contribution in [1.29, 1.82) is 0 Å². The van der Waals surface area contributed by atoms with Crippen LogP contribution in [-0.4, -0.2) is 45.8 Å². The number of carbonyl (C=O) groups is 2. The van der Waals surface area contributed by atoms with Crippen molar-refractivity contribution in [1.82, 2.24) is 20.0 Å². The number of urea groups is 1. The van der Waals surface area contributed by atoms with Crippen molar-refractivity contribution in [2.24, 2.45) is 0 Å². The van der Waals surface area contributed by atoms with Gasteiger partial charge in [0.05, 0.1) is 30.5 Å². The van der Waals surface area contributed by atoms with Crippen molar-refractivity contribution in [3.05, 3.63) is 46.7 Å². The van der Waals surface area contributed by atoms with Crippen LogP contribution in [0.25, 0.3) is 0 Å². The van der Waals surface area contributed by atoms with E-state index in [1.54, 1.807) is 21.9 Å². The number of carbonyl (C=O) groups excluding carboxylic acids is 2. The van der Waals surface area contributed by atoms with Crippen LogP contribution in [0.1, 0.15) is 17.8 Å². The number of anilines is 1. The number of amides is 3. The predicted octanol–water partition coefficient (Wildman–Crippen LogP) is 2.18. The number of hydrogen-bond donors (Lipinski definition) is 1. The molecule has 136 valence electrons. The third-order valence-corrected chi connectivity index (χ3v) is 5.05. The van der Waals surface area contributed by atoms with Gasteiger partial charge < -0.3 is 15.1 Å². The van der Waals surface area contributed by atoms with E-state index in [1.165, 1.54) is 0 Å². The molecule has 26 heavy (non-hydrogen) atoms. The lowest BCUT2D eigenvalue weighted by Gasteiger charge is -2.29. The highest BCUT2D eigenvalue weighted by Gasteiger charge is 2.33. The topological polar surface area (TPSA) is 70.5 Å². The summed E-state index contributed by atoms with van der Waals surface area (Å²) in [6.07, 6.45) is 0.305. The van der Waals surface area contributed by atoms with Crippen LogP contribution in [0.5, 0.6) is 0 Å². The van der Waals surface area contributed by atoms with Gasteiger partial charge in [-0.1, -0.05) is 11.6 Å². The number of benzene rings is 1. The van der Waals surface area contributed by atoms with Crippen molar-refractivity contribution < 1.29 is 9.59 Å². The van der Waals surface area contributed by atoms with Crippen molar-refractivity contribution in [3.8, 4) is 0 Å². The van der Waals surface area contributed by atoms with E-state index in [-0.39, 0.29) is 18.0 Å². The fourth-order valence-corrected chi connectivity index (χ4v) is 3.65. The fourth-order valence-electron chi connectivity index (χ4n) is 3.52. The van der Waals surface area contributed by atoms with E-state index in [1.807, 2.05) is 29.8 Å². The molecule has 3 amide bonds. The smallest absolute Gasteiger partial charge is 0.318 e. The zero-order chi connectivity index (χ0) is 18.3. The zero-order valence-electron chi connectivity index (χ0n) is 14.5. The van der Waals surface area contributed by atoms with Crippen LogP contribution < -0.4 is 10.2 Å². The molecule has 0 radical (unpaired) electrons. The number of nitrogens with zero attached hydrogens (tertiary/aromatic N) is 4. The third-order valence-electron chi connectivity index (χ3n) is 4.80. The molecule has 3 heterocycles. The molecule has 0 bridgehead atoms. The lowest BCUT2D eigenvalue weighted by molar-refractivity contribution is -0.117. The Kier molecular flexibility index (Phi) is 4.32. The van der Waals surface area contributed by atoms with Crippen molar-refractivity contribution in [3.63, 3.8) is 0 Å². The SMILES string of the molecule is Cc1cc2n(n1)CCN(C(=O)NC1CC(=O)N(c3ccc(Cl)cc3)C1)C2. The minimum Gasteiger partial charge on any atom is -0.333 e. The van der Waals surface area contributed by atoms with Gasteiger partial charge in [-0.25, -0.2) is 4.79 Å². The van der Waals surface area contributed by atoms with Gasteiger partial charge in [0, 0.05) is 30.2 Å². The Morgan fingerprint density at radius 2 is 2.04 bits per heavy atom. The first-order valence-electron chi connectivity index (χ1n) is 8.64. The Hall–Kier alpha value is -2.54. The van der Waals surface area contributed by atoms with Crippen LogP contribution in [0.15, 0.2) is 30.3 Å². The molecule has 0 spiro atoms. The van der Waals surface area contributed by atoms with Gasteiger partial charge in [0.1, 0.15) is 0 Å². The summed E-state index contributed by atoms with van der Waals surface area (Å²) < 4.78 is 1.94. The van der Waals surface area contributed by atoms with Crippen molar-refractivity contribution >= 4 is 29.2 Å². The molecular formula is C18H20ClN5O2. The summed E-state index contributed by atoms with van der Waals surface area (Å²) in [5.74, 6) is 0.00460. The van der Waals surface area contributed by atoms with Gasteiger partial charge in [0.15, 0.2) is 0 Å². The Balaban J connectivity index is 1.38. The summed E-state index contributed by atoms with van der Waals surface area (Å²) in [4.78, 5) is 28.4. The number of rotatable bonds is 2. The maximum atomic E-state index is 12.6. The third kappa shape index (κ3) is 3.26. The number of aromatic nitrogens is 2. The van der Waals surface area contributed by atoms with E-state index in [2.05, 4.69) is 10.4 Å². The molecule has 2 aromatic rings. The first kappa shape index (κ1) is 16.9. The molecule has 1 saturated heterocycles. The lowest BCUT2D eigenvalue weighted by atomic mass is 10.2. The Bertz CT molecular complexity index is 848. The molecule has 8 heteroatoms. The van der Waals surface area contributed by atoms with Crippen molar-refractivity contribution in [2.75, 3.05) is 18.0 Å².